The van der Waals surface area contributed by atoms with E-state index in [1.54, 1.807) is 0 Å². The van der Waals surface area contributed by atoms with Crippen molar-refractivity contribution in [2.75, 3.05) is 11.9 Å². The molecule has 1 rings (SSSR count). The molecule has 0 saturated heterocycles. The topological polar surface area (TPSA) is 38.3 Å². The maximum absolute atomic E-state index is 11.4. The van der Waals surface area contributed by atoms with Crippen LogP contribution in [0.3, 0.4) is 0 Å². The fourth-order valence-corrected chi connectivity index (χ4v) is 1.69. The van der Waals surface area contributed by atoms with Crippen molar-refractivity contribution >= 4 is 34.2 Å². The second-order valence-corrected chi connectivity index (χ2v) is 5.70. The number of carbonyl (C=O) groups excluding carboxylic acids is 1. The molecule has 0 heterocycles. The highest BCUT2D eigenvalue weighted by Gasteiger charge is 2.15. The van der Waals surface area contributed by atoms with Crippen LogP contribution in [0.5, 0.6) is 0 Å². The van der Waals surface area contributed by atoms with Gasteiger partial charge in [-0.05, 0) is 61.6 Å². The van der Waals surface area contributed by atoms with E-state index in [-0.39, 0.29) is 12.5 Å². The molecule has 1 N–H and O–H groups in total. The number of anilines is 1. The van der Waals surface area contributed by atoms with E-state index < -0.39 is 5.60 Å². The first-order chi connectivity index (χ1) is 7.37. The molecule has 0 aliphatic rings. The molecule has 4 heteroatoms. The van der Waals surface area contributed by atoms with Gasteiger partial charge in [-0.25, -0.2) is 0 Å². The van der Waals surface area contributed by atoms with Gasteiger partial charge in [0.2, 0.25) is 0 Å². The van der Waals surface area contributed by atoms with Crippen LogP contribution in [0.4, 0.5) is 5.69 Å². The van der Waals surface area contributed by atoms with Gasteiger partial charge in [0.1, 0.15) is 12.1 Å². The smallest absolute Gasteiger partial charge is 0.325 e. The normalized spacial score (nSPS) is 11.0. The molecule has 0 unspecified atom stereocenters. The number of hydrogen-bond acceptors (Lipinski definition) is 3. The molecule has 0 aromatic heterocycles. The van der Waals surface area contributed by atoms with Gasteiger partial charge in [0, 0.05) is 9.26 Å². The number of halogens is 1. The van der Waals surface area contributed by atoms with Crippen molar-refractivity contribution in [1.29, 1.82) is 0 Å². The Morgan fingerprint density at radius 3 is 2.69 bits per heavy atom. The summed E-state index contributed by atoms with van der Waals surface area (Å²) >= 11 is 2.23. The van der Waals surface area contributed by atoms with Gasteiger partial charge in [0.25, 0.3) is 0 Å². The van der Waals surface area contributed by atoms with Gasteiger partial charge in [-0.2, -0.15) is 0 Å². The lowest BCUT2D eigenvalue weighted by atomic mass is 10.2. The predicted molar refractivity (Wildman–Crippen MR) is 73.5 cm³/mol. The van der Waals surface area contributed by atoms with Gasteiger partial charge in [0.05, 0.1) is 0 Å². The highest BCUT2D eigenvalue weighted by atomic mass is 127. The van der Waals surface area contributed by atoms with Crippen LogP contribution in [0, 0.1) is 3.57 Å². The number of carbonyl (C=O) groups is 1. The van der Waals surface area contributed by atoms with Gasteiger partial charge in [0.15, 0.2) is 0 Å². The highest BCUT2D eigenvalue weighted by Crippen LogP contribution is 2.12. The Kier molecular flexibility index (Phi) is 4.58. The molecule has 1 aromatic rings. The molecule has 0 aliphatic heterocycles. The lowest BCUT2D eigenvalue weighted by Gasteiger charge is -2.19. The lowest BCUT2D eigenvalue weighted by molar-refractivity contribution is -0.152. The monoisotopic (exact) mass is 333 g/mol. The van der Waals surface area contributed by atoms with Crippen molar-refractivity contribution < 1.29 is 9.53 Å². The standard InChI is InChI=1S/C12H16INO2/c1-12(2,3)16-11(15)8-14-10-6-4-5-9(13)7-10/h4-7,14H,8H2,1-3H3. The minimum atomic E-state index is -0.427. The third-order valence-electron chi connectivity index (χ3n) is 1.68. The van der Waals surface area contributed by atoms with Crippen LogP contribution in [0.1, 0.15) is 20.8 Å². The molecule has 0 spiro atoms. The first kappa shape index (κ1) is 13.3. The van der Waals surface area contributed by atoms with E-state index in [4.69, 9.17) is 4.74 Å². The molecule has 0 amide bonds. The SMILES string of the molecule is CC(C)(C)OC(=O)CNc1cccc(I)c1. The molecule has 16 heavy (non-hydrogen) atoms. The third kappa shape index (κ3) is 5.34. The van der Waals surface area contributed by atoms with E-state index in [0.29, 0.717) is 0 Å². The number of benzene rings is 1. The van der Waals surface area contributed by atoms with E-state index in [1.807, 2.05) is 45.0 Å². The molecule has 88 valence electrons. The molecule has 0 saturated carbocycles. The van der Waals surface area contributed by atoms with E-state index in [9.17, 15) is 4.79 Å². The Bertz CT molecular complexity index is 372. The maximum atomic E-state index is 11.4. The Morgan fingerprint density at radius 1 is 1.44 bits per heavy atom. The van der Waals surface area contributed by atoms with E-state index >= 15 is 0 Å². The van der Waals surface area contributed by atoms with E-state index in [1.165, 1.54) is 0 Å². The molecule has 0 fully saturated rings. The fraction of sp³-hybridized carbons (Fsp3) is 0.417. The van der Waals surface area contributed by atoms with Crippen molar-refractivity contribution in [2.24, 2.45) is 0 Å². The Labute approximate surface area is 110 Å². The summed E-state index contributed by atoms with van der Waals surface area (Å²) in [6.45, 7) is 5.76. The van der Waals surface area contributed by atoms with Crippen molar-refractivity contribution in [3.63, 3.8) is 0 Å². The molecule has 0 aliphatic carbocycles. The summed E-state index contributed by atoms with van der Waals surface area (Å²) in [5, 5.41) is 3.03. The van der Waals surface area contributed by atoms with Crippen LogP contribution >= 0.6 is 22.6 Å². The molecule has 0 radical (unpaired) electrons. The van der Waals surface area contributed by atoms with Crippen LogP contribution in [-0.2, 0) is 9.53 Å². The Balaban J connectivity index is 2.43. The maximum Gasteiger partial charge on any atom is 0.325 e. The summed E-state index contributed by atoms with van der Waals surface area (Å²) in [5.74, 6) is -0.244. The van der Waals surface area contributed by atoms with Crippen LogP contribution in [0.15, 0.2) is 24.3 Å². The number of hydrogen-bond donors (Lipinski definition) is 1. The van der Waals surface area contributed by atoms with Crippen LogP contribution in [0.25, 0.3) is 0 Å². The summed E-state index contributed by atoms with van der Waals surface area (Å²) in [7, 11) is 0. The molecule has 3 nitrogen and oxygen atoms in total. The molecule has 1 aromatic carbocycles. The summed E-state index contributed by atoms with van der Waals surface area (Å²) < 4.78 is 6.32. The van der Waals surface area contributed by atoms with Gasteiger partial charge in [-0.3, -0.25) is 4.79 Å². The zero-order chi connectivity index (χ0) is 12.2. The highest BCUT2D eigenvalue weighted by molar-refractivity contribution is 14.1. The average molecular weight is 333 g/mol. The minimum absolute atomic E-state index is 0.192. The largest absolute Gasteiger partial charge is 0.459 e. The zero-order valence-electron chi connectivity index (χ0n) is 9.71. The number of esters is 1. The number of ether oxygens (including phenoxy) is 1. The summed E-state index contributed by atoms with van der Waals surface area (Å²) in [4.78, 5) is 11.4. The summed E-state index contributed by atoms with van der Waals surface area (Å²) in [6, 6.07) is 7.84. The average Bonchev–Trinajstić information content (AvgIpc) is 2.12. The van der Waals surface area contributed by atoms with Crippen molar-refractivity contribution in [3.8, 4) is 0 Å². The second kappa shape index (κ2) is 5.52. The van der Waals surface area contributed by atoms with Crippen molar-refractivity contribution in [2.45, 2.75) is 26.4 Å². The van der Waals surface area contributed by atoms with Crippen molar-refractivity contribution in [1.82, 2.24) is 0 Å². The molecular formula is C12H16INO2. The van der Waals surface area contributed by atoms with E-state index in [0.717, 1.165) is 9.26 Å². The summed E-state index contributed by atoms with van der Waals surface area (Å²) in [5.41, 5.74) is 0.502. The third-order valence-corrected chi connectivity index (χ3v) is 2.35. The zero-order valence-corrected chi connectivity index (χ0v) is 11.9. The van der Waals surface area contributed by atoms with Gasteiger partial charge >= 0.3 is 5.97 Å². The van der Waals surface area contributed by atoms with Crippen LogP contribution in [0.2, 0.25) is 0 Å². The number of nitrogens with one attached hydrogen (secondary N) is 1. The molecular weight excluding hydrogens is 317 g/mol. The number of rotatable bonds is 3. The first-order valence-corrected chi connectivity index (χ1v) is 6.16. The first-order valence-electron chi connectivity index (χ1n) is 5.08. The van der Waals surface area contributed by atoms with Crippen molar-refractivity contribution in [3.05, 3.63) is 27.8 Å². The lowest BCUT2D eigenvalue weighted by Crippen LogP contribution is -2.28. The van der Waals surface area contributed by atoms with Gasteiger partial charge in [-0.1, -0.05) is 6.07 Å². The second-order valence-electron chi connectivity index (χ2n) is 4.45. The van der Waals surface area contributed by atoms with Gasteiger partial charge < -0.3 is 10.1 Å². The van der Waals surface area contributed by atoms with Crippen LogP contribution < -0.4 is 5.32 Å². The quantitative estimate of drug-likeness (QED) is 0.683. The fourth-order valence-electron chi connectivity index (χ4n) is 1.15. The molecule has 0 bridgehead atoms. The predicted octanol–water partition coefficient (Wildman–Crippen LogP) is 3.04. The Hall–Kier alpha value is -0.780. The summed E-state index contributed by atoms with van der Waals surface area (Å²) in [6.07, 6.45) is 0. The van der Waals surface area contributed by atoms with Crippen LogP contribution in [-0.4, -0.2) is 18.1 Å². The molecule has 0 atom stereocenters. The van der Waals surface area contributed by atoms with Gasteiger partial charge in [-0.15, -0.1) is 0 Å². The minimum Gasteiger partial charge on any atom is -0.459 e. The van der Waals surface area contributed by atoms with E-state index in [2.05, 4.69) is 27.9 Å². The Morgan fingerprint density at radius 2 is 2.12 bits per heavy atom.